The molecule has 0 amide bonds. The molecule has 24 heavy (non-hydrogen) atoms. The Morgan fingerprint density at radius 1 is 0.958 bits per heavy atom. The number of hydrogen-bond donors (Lipinski definition) is 0. The van der Waals surface area contributed by atoms with E-state index in [2.05, 4.69) is 58.0 Å². The molecular formula is C20H28O2Si2. The molecule has 0 saturated carbocycles. The second-order valence-electron chi connectivity index (χ2n) is 8.47. The fourth-order valence-corrected chi connectivity index (χ4v) is 4.77. The Kier molecular flexibility index (Phi) is 5.12. The van der Waals surface area contributed by atoms with Crippen LogP contribution in [0.3, 0.4) is 0 Å². The van der Waals surface area contributed by atoms with Crippen LogP contribution in [-0.4, -0.2) is 22.1 Å². The molecule has 0 heterocycles. The van der Waals surface area contributed by atoms with Gasteiger partial charge < -0.3 is 4.74 Å². The Balaban J connectivity index is 2.78. The minimum atomic E-state index is -1.57. The summed E-state index contributed by atoms with van der Waals surface area (Å²) in [4.78, 5) is 11.7. The summed E-state index contributed by atoms with van der Waals surface area (Å²) < 4.78 is 5.71. The van der Waals surface area contributed by atoms with E-state index < -0.39 is 16.1 Å². The van der Waals surface area contributed by atoms with Crippen molar-refractivity contribution in [1.29, 1.82) is 0 Å². The Morgan fingerprint density at radius 3 is 1.96 bits per heavy atom. The molecule has 0 saturated heterocycles. The molecular weight excluding hydrogens is 328 g/mol. The first-order chi connectivity index (χ1) is 10.9. The molecule has 1 aliphatic carbocycles. The number of rotatable bonds is 4. The van der Waals surface area contributed by atoms with E-state index in [0.29, 0.717) is 0 Å². The topological polar surface area (TPSA) is 26.3 Å². The van der Waals surface area contributed by atoms with Crippen LogP contribution in [0.15, 0.2) is 29.8 Å². The molecule has 0 bridgehead atoms. The standard InChI is InChI=1S/C20H28O2Si2/c1-14(24(6,7)8)19-18(13-23(3,4)5)16-11-9-10-12-17(16)20(19)22-15(2)21/h9-12H,1-8H3. The van der Waals surface area contributed by atoms with Gasteiger partial charge in [0.25, 0.3) is 0 Å². The fourth-order valence-electron chi connectivity index (χ4n) is 2.77. The lowest BCUT2D eigenvalue weighted by Crippen LogP contribution is -2.31. The number of hydrogen-bond acceptors (Lipinski definition) is 2. The molecule has 2 rings (SSSR count). The van der Waals surface area contributed by atoms with Gasteiger partial charge in [-0.25, -0.2) is 0 Å². The number of carbonyl (C=O) groups excluding carboxylic acids is 1. The molecule has 0 unspecified atom stereocenters. The zero-order valence-electron chi connectivity index (χ0n) is 16.1. The second-order valence-corrected chi connectivity index (χ2v) is 18.5. The van der Waals surface area contributed by atoms with Crippen molar-refractivity contribution < 1.29 is 9.53 Å². The van der Waals surface area contributed by atoms with Crippen LogP contribution in [0.5, 0.6) is 0 Å². The Bertz CT molecular complexity index is 716. The van der Waals surface area contributed by atoms with Crippen LogP contribution < -0.4 is 0 Å². The van der Waals surface area contributed by atoms with Gasteiger partial charge in [-0.3, -0.25) is 4.79 Å². The number of esters is 1. The molecule has 0 N–H and O–H groups in total. The molecule has 1 aliphatic rings. The molecule has 1 aromatic carbocycles. The number of allylic oxidation sites excluding steroid dienone is 2. The van der Waals surface area contributed by atoms with Crippen molar-refractivity contribution in [3.63, 3.8) is 0 Å². The molecule has 0 spiro atoms. The van der Waals surface area contributed by atoms with Crippen molar-refractivity contribution in [2.75, 3.05) is 0 Å². The maximum atomic E-state index is 11.7. The highest BCUT2D eigenvalue weighted by molar-refractivity contribution is 6.83. The van der Waals surface area contributed by atoms with Crippen LogP contribution >= 0.6 is 0 Å². The molecule has 1 aromatic rings. The molecule has 0 fully saturated rings. The van der Waals surface area contributed by atoms with Crippen molar-refractivity contribution in [3.05, 3.63) is 52.2 Å². The van der Waals surface area contributed by atoms with Gasteiger partial charge in [-0.1, -0.05) is 76.2 Å². The first kappa shape index (κ1) is 18.9. The zero-order valence-corrected chi connectivity index (χ0v) is 18.1. The quantitative estimate of drug-likeness (QED) is 0.525. The third-order valence-electron chi connectivity index (χ3n) is 4.16. The summed E-state index contributed by atoms with van der Waals surface area (Å²) in [5.74, 6) is 0.453. The summed E-state index contributed by atoms with van der Waals surface area (Å²) in [5.41, 5.74) is 9.55. The van der Waals surface area contributed by atoms with Gasteiger partial charge >= 0.3 is 5.97 Å². The first-order valence-corrected chi connectivity index (χ1v) is 15.4. The highest BCUT2D eigenvalue weighted by Crippen LogP contribution is 2.48. The van der Waals surface area contributed by atoms with Crippen LogP contribution in [0.1, 0.15) is 25.0 Å². The van der Waals surface area contributed by atoms with E-state index in [-0.39, 0.29) is 5.97 Å². The SMILES string of the molecule is C[C](C1=C(OC(C)=O)c2ccccc2C1=[C][Si](C)(C)C)[Si](C)(C)C. The largest absolute Gasteiger partial charge is 0.426 e. The molecule has 128 valence electrons. The highest BCUT2D eigenvalue weighted by atomic mass is 28.3. The van der Waals surface area contributed by atoms with Crippen LogP contribution in [0.2, 0.25) is 39.3 Å². The Morgan fingerprint density at radius 2 is 1.50 bits per heavy atom. The van der Waals surface area contributed by atoms with Gasteiger partial charge in [-0.05, 0) is 16.7 Å². The van der Waals surface area contributed by atoms with Crippen molar-refractivity contribution >= 4 is 33.4 Å². The number of carbonyl (C=O) groups is 1. The lowest BCUT2D eigenvalue weighted by Gasteiger charge is -2.28. The maximum Gasteiger partial charge on any atom is 0.308 e. The van der Waals surface area contributed by atoms with Crippen molar-refractivity contribution in [1.82, 2.24) is 0 Å². The third-order valence-corrected chi connectivity index (χ3v) is 7.66. The third kappa shape index (κ3) is 3.98. The van der Waals surface area contributed by atoms with Crippen LogP contribution in [-0.2, 0) is 9.53 Å². The molecule has 0 aliphatic heterocycles. The van der Waals surface area contributed by atoms with E-state index in [0.717, 1.165) is 28.0 Å². The number of benzene rings is 1. The van der Waals surface area contributed by atoms with Gasteiger partial charge in [0.1, 0.15) is 5.76 Å². The molecule has 2 nitrogen and oxygen atoms in total. The smallest absolute Gasteiger partial charge is 0.308 e. The van der Waals surface area contributed by atoms with Crippen molar-refractivity contribution in [2.45, 2.75) is 53.1 Å². The lowest BCUT2D eigenvalue weighted by atomic mass is 10.0. The molecule has 4 heteroatoms. The molecule has 0 aromatic heterocycles. The summed E-state index contributed by atoms with van der Waals surface area (Å²) in [6.45, 7) is 17.5. The van der Waals surface area contributed by atoms with E-state index in [1.165, 1.54) is 12.5 Å². The minimum absolute atomic E-state index is 0.269. The summed E-state index contributed by atoms with van der Waals surface area (Å²) in [6, 6.07) is 8.21. The van der Waals surface area contributed by atoms with Crippen molar-refractivity contribution in [2.24, 2.45) is 0 Å². The second kappa shape index (κ2) is 6.49. The van der Waals surface area contributed by atoms with Gasteiger partial charge in [-0.15, -0.1) is 0 Å². The highest BCUT2D eigenvalue weighted by Gasteiger charge is 2.38. The number of ether oxygens (including phenoxy) is 1. The molecule has 2 radical (unpaired) electrons. The van der Waals surface area contributed by atoms with E-state index >= 15 is 0 Å². The predicted octanol–water partition coefficient (Wildman–Crippen LogP) is 5.51. The normalized spacial score (nSPS) is 16.8. The number of fused-ring (bicyclic) bond motifs is 1. The van der Waals surface area contributed by atoms with Crippen LogP contribution in [0.25, 0.3) is 11.3 Å². The lowest BCUT2D eigenvalue weighted by molar-refractivity contribution is -0.134. The van der Waals surface area contributed by atoms with Crippen molar-refractivity contribution in [3.8, 4) is 0 Å². The average molecular weight is 357 g/mol. The summed E-state index contributed by atoms with van der Waals surface area (Å²) in [6.07, 6.45) is 0. The van der Waals surface area contributed by atoms with Gasteiger partial charge in [-0.2, -0.15) is 0 Å². The monoisotopic (exact) mass is 356 g/mol. The zero-order chi connectivity index (χ0) is 18.3. The predicted molar refractivity (Wildman–Crippen MR) is 107 cm³/mol. The molecule has 0 atom stereocenters. The maximum absolute atomic E-state index is 11.7. The average Bonchev–Trinajstić information content (AvgIpc) is 2.69. The Hall–Kier alpha value is -1.40. The Labute approximate surface area is 148 Å². The van der Waals surface area contributed by atoms with Crippen LogP contribution in [0, 0.1) is 11.2 Å². The van der Waals surface area contributed by atoms with Gasteiger partial charge in [0.15, 0.2) is 0 Å². The summed E-state index contributed by atoms with van der Waals surface area (Å²) in [5, 5.41) is 0. The van der Waals surface area contributed by atoms with E-state index in [1.807, 2.05) is 18.2 Å². The van der Waals surface area contributed by atoms with E-state index in [4.69, 9.17) is 4.74 Å². The summed E-state index contributed by atoms with van der Waals surface area (Å²) >= 11 is 0. The van der Waals surface area contributed by atoms with Gasteiger partial charge in [0.05, 0.1) is 16.1 Å². The van der Waals surface area contributed by atoms with Gasteiger partial charge in [0, 0.05) is 18.1 Å². The summed E-state index contributed by atoms with van der Waals surface area (Å²) in [7, 11) is -3.12. The minimum Gasteiger partial charge on any atom is -0.426 e. The fraction of sp³-hybridized carbons (Fsp3) is 0.400. The van der Waals surface area contributed by atoms with Crippen LogP contribution in [0.4, 0.5) is 0 Å². The van der Waals surface area contributed by atoms with Gasteiger partial charge in [0.2, 0.25) is 0 Å². The van der Waals surface area contributed by atoms with E-state index in [9.17, 15) is 4.79 Å². The first-order valence-electron chi connectivity index (χ1n) is 8.44. The van der Waals surface area contributed by atoms with E-state index in [1.54, 1.807) is 0 Å².